The normalized spacial score (nSPS) is 41.5. The summed E-state index contributed by atoms with van der Waals surface area (Å²) in [5, 5.41) is 10.6. The van der Waals surface area contributed by atoms with Gasteiger partial charge in [-0.3, -0.25) is 4.79 Å². The molecular weight excluding hydrogens is 442 g/mol. The van der Waals surface area contributed by atoms with E-state index in [1.165, 1.54) is 6.07 Å². The van der Waals surface area contributed by atoms with Crippen molar-refractivity contribution in [2.45, 2.75) is 104 Å². The number of aryl methyl sites for hydroxylation is 1. The average Bonchev–Trinajstić information content (AvgIpc) is 3.14. The van der Waals surface area contributed by atoms with Crippen molar-refractivity contribution in [3.05, 3.63) is 34.9 Å². The van der Waals surface area contributed by atoms with Crippen molar-refractivity contribution in [2.75, 3.05) is 0 Å². The van der Waals surface area contributed by atoms with E-state index in [0.717, 1.165) is 70.6 Å². The van der Waals surface area contributed by atoms with Gasteiger partial charge in [0.2, 0.25) is 0 Å². The van der Waals surface area contributed by atoms with Crippen molar-refractivity contribution in [3.63, 3.8) is 0 Å². The third-order valence-electron chi connectivity index (χ3n) is 11.7. The number of carbonyl (C=O) groups is 1. The van der Waals surface area contributed by atoms with Crippen LogP contribution < -0.4 is 0 Å². The zero-order chi connectivity index (χ0) is 25.1. The lowest BCUT2D eigenvalue weighted by molar-refractivity contribution is -0.179. The largest absolute Gasteiger partial charge is 0.481 e. The maximum atomic E-state index is 15.5. The second-order valence-electron chi connectivity index (χ2n) is 13.0. The minimum atomic E-state index is -0.578. The summed E-state index contributed by atoms with van der Waals surface area (Å²) in [6.07, 6.45) is 11.0. The van der Waals surface area contributed by atoms with E-state index in [9.17, 15) is 9.90 Å². The van der Waals surface area contributed by atoms with Crippen LogP contribution in [0.5, 0.6) is 0 Å². The molecule has 0 radical (unpaired) electrons. The molecule has 9 atom stereocenters. The Labute approximate surface area is 210 Å². The molecule has 5 rings (SSSR count). The molecular formula is C31H44F2O2. The first-order valence-electron chi connectivity index (χ1n) is 14.3. The van der Waals surface area contributed by atoms with Gasteiger partial charge in [0, 0.05) is 5.56 Å². The molecule has 0 heterocycles. The van der Waals surface area contributed by atoms with Gasteiger partial charge >= 0.3 is 5.97 Å². The summed E-state index contributed by atoms with van der Waals surface area (Å²) in [7, 11) is 0. The van der Waals surface area contributed by atoms with Gasteiger partial charge in [0.05, 0.1) is 5.41 Å². The Morgan fingerprint density at radius 1 is 1.11 bits per heavy atom. The van der Waals surface area contributed by atoms with Gasteiger partial charge in [0.1, 0.15) is 11.6 Å². The Morgan fingerprint density at radius 3 is 2.60 bits per heavy atom. The Balaban J connectivity index is 1.58. The molecule has 4 aliphatic rings. The lowest BCUT2D eigenvalue weighted by atomic mass is 9.44. The molecule has 2 unspecified atom stereocenters. The molecule has 0 aliphatic heterocycles. The van der Waals surface area contributed by atoms with Crippen LogP contribution in [-0.2, 0) is 4.79 Å². The van der Waals surface area contributed by atoms with Crippen molar-refractivity contribution in [3.8, 4) is 0 Å². The summed E-state index contributed by atoms with van der Waals surface area (Å²) in [5.74, 6) is 0.369. The highest BCUT2D eigenvalue weighted by molar-refractivity contribution is 5.76. The molecule has 2 nitrogen and oxygen atoms in total. The Hall–Kier alpha value is -1.45. The van der Waals surface area contributed by atoms with E-state index in [1.54, 1.807) is 13.0 Å². The number of fused-ring (bicyclic) bond motifs is 5. The summed E-state index contributed by atoms with van der Waals surface area (Å²) < 4.78 is 30.9. The van der Waals surface area contributed by atoms with Gasteiger partial charge in [-0.05, 0) is 110 Å². The maximum absolute atomic E-state index is 15.5. The van der Waals surface area contributed by atoms with Crippen LogP contribution in [0.1, 0.15) is 108 Å². The molecule has 4 heteroatoms. The van der Waals surface area contributed by atoms with Crippen LogP contribution in [-0.4, -0.2) is 11.1 Å². The second-order valence-corrected chi connectivity index (χ2v) is 13.0. The zero-order valence-corrected chi connectivity index (χ0v) is 22.1. The number of carboxylic acid groups (broad SMARTS) is 1. The van der Waals surface area contributed by atoms with Crippen molar-refractivity contribution >= 4 is 5.97 Å². The van der Waals surface area contributed by atoms with Crippen molar-refractivity contribution in [1.82, 2.24) is 0 Å². The highest BCUT2D eigenvalue weighted by atomic mass is 19.1. The number of carboxylic acids is 1. The first kappa shape index (κ1) is 25.2. The number of aliphatic carboxylic acids is 1. The van der Waals surface area contributed by atoms with Gasteiger partial charge in [-0.1, -0.05) is 52.5 Å². The summed E-state index contributed by atoms with van der Waals surface area (Å²) in [4.78, 5) is 12.9. The number of halogens is 2. The van der Waals surface area contributed by atoms with E-state index in [-0.39, 0.29) is 29.0 Å². The van der Waals surface area contributed by atoms with Crippen LogP contribution in [0.2, 0.25) is 0 Å². The first-order valence-corrected chi connectivity index (χ1v) is 14.3. The standard InChI is InChI=1S/C31H44F2O2/c1-5-8-18(2)27-22(26-25(32)13-10-19(3)28(26)33)17-24-21-12-11-20-9-6-7-15-31(20,29(34)35)23(21)14-16-30(24,27)4/h10,13,18,20-24,27H,5-9,11-12,14-17H2,1-4H3,(H,34,35)/t18-,20?,21-,22?,23+,24+,27+,30+,31-/m1/s1. The van der Waals surface area contributed by atoms with Crippen LogP contribution in [0.25, 0.3) is 0 Å². The number of hydrogen-bond donors (Lipinski definition) is 1. The molecule has 35 heavy (non-hydrogen) atoms. The van der Waals surface area contributed by atoms with E-state index in [2.05, 4.69) is 20.8 Å². The van der Waals surface area contributed by atoms with Crippen LogP contribution >= 0.6 is 0 Å². The van der Waals surface area contributed by atoms with Gasteiger partial charge in [0.25, 0.3) is 0 Å². The number of benzene rings is 1. The second kappa shape index (κ2) is 9.14. The zero-order valence-electron chi connectivity index (χ0n) is 22.1. The Kier molecular flexibility index (Phi) is 6.58. The minimum absolute atomic E-state index is 0.00421. The molecule has 1 aromatic carbocycles. The van der Waals surface area contributed by atoms with Gasteiger partial charge in [-0.2, -0.15) is 0 Å². The third kappa shape index (κ3) is 3.62. The van der Waals surface area contributed by atoms with Gasteiger partial charge in [0.15, 0.2) is 0 Å². The molecule has 4 saturated carbocycles. The molecule has 0 bridgehead atoms. The predicted molar refractivity (Wildman–Crippen MR) is 135 cm³/mol. The fraction of sp³-hybridized carbons (Fsp3) is 0.774. The summed E-state index contributed by atoms with van der Waals surface area (Å²) in [6.45, 7) is 8.63. The number of hydrogen-bond acceptors (Lipinski definition) is 1. The fourth-order valence-electron chi connectivity index (χ4n) is 10.4. The smallest absolute Gasteiger partial charge is 0.310 e. The lowest BCUT2D eigenvalue weighted by Gasteiger charge is -2.60. The van der Waals surface area contributed by atoms with E-state index in [4.69, 9.17) is 0 Å². The fourth-order valence-corrected chi connectivity index (χ4v) is 10.4. The van der Waals surface area contributed by atoms with E-state index in [1.807, 2.05) is 0 Å². The molecule has 194 valence electrons. The lowest BCUT2D eigenvalue weighted by Crippen LogP contribution is -2.57. The highest BCUT2D eigenvalue weighted by Crippen LogP contribution is 2.71. The van der Waals surface area contributed by atoms with Gasteiger partial charge < -0.3 is 5.11 Å². The molecule has 0 spiro atoms. The predicted octanol–water partition coefficient (Wildman–Crippen LogP) is 8.52. The maximum Gasteiger partial charge on any atom is 0.310 e. The monoisotopic (exact) mass is 486 g/mol. The van der Waals surface area contributed by atoms with Crippen molar-refractivity contribution < 1.29 is 18.7 Å². The highest BCUT2D eigenvalue weighted by Gasteiger charge is 2.65. The first-order chi connectivity index (χ1) is 16.7. The van der Waals surface area contributed by atoms with Crippen molar-refractivity contribution in [1.29, 1.82) is 0 Å². The van der Waals surface area contributed by atoms with Crippen LogP contribution in [0, 0.1) is 64.9 Å². The van der Waals surface area contributed by atoms with Crippen molar-refractivity contribution in [2.24, 2.45) is 46.3 Å². The molecule has 4 aliphatic carbocycles. The molecule has 1 aromatic rings. The van der Waals surface area contributed by atoms with E-state index in [0.29, 0.717) is 34.8 Å². The van der Waals surface area contributed by atoms with Crippen LogP contribution in [0.15, 0.2) is 12.1 Å². The van der Waals surface area contributed by atoms with Crippen LogP contribution in [0.4, 0.5) is 8.78 Å². The molecule has 0 aromatic heterocycles. The molecule has 1 N–H and O–H groups in total. The van der Waals surface area contributed by atoms with E-state index < -0.39 is 17.2 Å². The van der Waals surface area contributed by atoms with Crippen LogP contribution in [0.3, 0.4) is 0 Å². The molecule has 4 fully saturated rings. The third-order valence-corrected chi connectivity index (χ3v) is 11.7. The van der Waals surface area contributed by atoms with Gasteiger partial charge in [-0.15, -0.1) is 0 Å². The minimum Gasteiger partial charge on any atom is -0.481 e. The van der Waals surface area contributed by atoms with E-state index >= 15 is 8.78 Å². The average molecular weight is 487 g/mol. The topological polar surface area (TPSA) is 37.3 Å². The quantitative estimate of drug-likeness (QED) is 0.453. The summed E-state index contributed by atoms with van der Waals surface area (Å²) >= 11 is 0. The Bertz CT molecular complexity index is 975. The van der Waals surface area contributed by atoms with Gasteiger partial charge in [-0.25, -0.2) is 8.78 Å². The summed E-state index contributed by atoms with van der Waals surface area (Å²) in [6, 6.07) is 3.01. The Morgan fingerprint density at radius 2 is 1.89 bits per heavy atom. The number of rotatable bonds is 5. The SMILES string of the molecule is CCC[C@@H](C)[C@H]1C(c2c(F)ccc(C)c2F)C[C@H]2[C@@H]3CCC4CCCC[C@]4(C(=O)O)[C@H]3CC[C@]12C. The molecule has 0 amide bonds. The summed E-state index contributed by atoms with van der Waals surface area (Å²) in [5.41, 5.74) is 0.257. The molecule has 0 saturated heterocycles.